The van der Waals surface area contributed by atoms with Crippen LogP contribution in [-0.4, -0.2) is 17.5 Å². The van der Waals surface area contributed by atoms with Crippen LogP contribution in [0.2, 0.25) is 0 Å². The van der Waals surface area contributed by atoms with E-state index in [0.29, 0.717) is 5.75 Å². The number of thiol groups is 1. The van der Waals surface area contributed by atoms with Crippen LogP contribution in [0, 0.1) is 0 Å². The number of hydrogen-bond donors (Lipinski definition) is 2. The molecule has 0 aromatic heterocycles. The highest BCUT2D eigenvalue weighted by Crippen LogP contribution is 2.37. The summed E-state index contributed by atoms with van der Waals surface area (Å²) in [5.74, 6) is -1.05. The van der Waals surface area contributed by atoms with E-state index in [1.165, 1.54) is 0 Å². The molecule has 1 heterocycles. The summed E-state index contributed by atoms with van der Waals surface area (Å²) >= 11 is 0. The van der Waals surface area contributed by atoms with Gasteiger partial charge in [-0.15, -0.1) is 0 Å². The summed E-state index contributed by atoms with van der Waals surface area (Å²) in [6, 6.07) is 9.38. The molecule has 1 N–H and O–H groups in total. The van der Waals surface area contributed by atoms with E-state index in [4.69, 9.17) is 0 Å². The van der Waals surface area contributed by atoms with Crippen LogP contribution >= 0.6 is 10.9 Å². The fourth-order valence-corrected chi connectivity index (χ4v) is 3.22. The van der Waals surface area contributed by atoms with Crippen molar-refractivity contribution in [2.45, 2.75) is 6.42 Å². The lowest BCUT2D eigenvalue weighted by Gasteiger charge is -2.12. The third-order valence-electron chi connectivity index (χ3n) is 2.69. The number of para-hydroxylation sites is 1. The molecular formula is C14H14F3N3S. The van der Waals surface area contributed by atoms with Gasteiger partial charge in [0.15, 0.2) is 5.83 Å². The SMILES string of the molecule is FC(F)=C(F)CC[SH]1C=NC=C1/C=N/Nc1ccccc1. The van der Waals surface area contributed by atoms with E-state index in [0.717, 1.165) is 10.6 Å². The van der Waals surface area contributed by atoms with Crippen LogP contribution in [0.1, 0.15) is 6.42 Å². The van der Waals surface area contributed by atoms with Crippen LogP contribution in [0.4, 0.5) is 18.9 Å². The number of halogens is 3. The summed E-state index contributed by atoms with van der Waals surface area (Å²) in [6.07, 6.45) is 0.692. The third-order valence-corrected chi connectivity index (χ3v) is 4.70. The van der Waals surface area contributed by atoms with Gasteiger partial charge in [-0.25, -0.2) is 4.39 Å². The molecule has 0 bridgehead atoms. The van der Waals surface area contributed by atoms with Crippen LogP contribution in [0.5, 0.6) is 0 Å². The Labute approximate surface area is 123 Å². The predicted molar refractivity (Wildman–Crippen MR) is 84.0 cm³/mol. The Balaban J connectivity index is 1.87. The van der Waals surface area contributed by atoms with Gasteiger partial charge in [0.1, 0.15) is 0 Å². The van der Waals surface area contributed by atoms with Gasteiger partial charge in [0.05, 0.1) is 11.9 Å². The lowest BCUT2D eigenvalue weighted by molar-refractivity contribution is 0.373. The molecule has 2 rings (SSSR count). The number of nitrogens with one attached hydrogen (secondary N) is 1. The van der Waals surface area contributed by atoms with E-state index < -0.39 is 22.8 Å². The second-order valence-electron chi connectivity index (χ2n) is 4.16. The molecule has 112 valence electrons. The van der Waals surface area contributed by atoms with Crippen molar-refractivity contribution in [3.8, 4) is 0 Å². The van der Waals surface area contributed by atoms with Crippen LogP contribution in [0.25, 0.3) is 0 Å². The summed E-state index contributed by atoms with van der Waals surface area (Å²) in [5, 5.41) is 4.08. The zero-order valence-corrected chi connectivity index (χ0v) is 11.9. The van der Waals surface area contributed by atoms with Crippen molar-refractivity contribution in [2.75, 3.05) is 11.2 Å². The summed E-state index contributed by atoms with van der Waals surface area (Å²) in [4.78, 5) is 4.81. The molecule has 0 fully saturated rings. The lowest BCUT2D eigenvalue weighted by atomic mass is 10.3. The van der Waals surface area contributed by atoms with E-state index >= 15 is 0 Å². The van der Waals surface area contributed by atoms with Gasteiger partial charge in [-0.3, -0.25) is 10.4 Å². The number of hydrazone groups is 1. The molecule has 0 aliphatic carbocycles. The van der Waals surface area contributed by atoms with E-state index in [-0.39, 0.29) is 6.42 Å². The molecule has 0 amide bonds. The average Bonchev–Trinajstić information content (AvgIpc) is 2.93. The molecule has 1 aromatic carbocycles. The second-order valence-corrected chi connectivity index (χ2v) is 6.30. The first-order valence-corrected chi connectivity index (χ1v) is 7.80. The summed E-state index contributed by atoms with van der Waals surface area (Å²) in [7, 11) is -0.874. The monoisotopic (exact) mass is 313 g/mol. The molecule has 7 heteroatoms. The van der Waals surface area contributed by atoms with Gasteiger partial charge >= 0.3 is 6.08 Å². The topological polar surface area (TPSA) is 36.8 Å². The third kappa shape index (κ3) is 4.78. The molecule has 1 aliphatic heterocycles. The minimum absolute atomic E-state index is 0.280. The normalized spacial score (nSPS) is 18.8. The van der Waals surface area contributed by atoms with Crippen molar-refractivity contribution in [2.24, 2.45) is 10.1 Å². The minimum Gasteiger partial charge on any atom is -0.278 e. The molecule has 1 aliphatic rings. The highest BCUT2D eigenvalue weighted by molar-refractivity contribution is 8.32. The molecule has 1 atom stereocenters. The van der Waals surface area contributed by atoms with Gasteiger partial charge in [0, 0.05) is 23.1 Å². The first-order chi connectivity index (χ1) is 10.2. The molecule has 0 spiro atoms. The quantitative estimate of drug-likeness (QED) is 0.455. The van der Waals surface area contributed by atoms with Gasteiger partial charge in [0.25, 0.3) is 0 Å². The lowest BCUT2D eigenvalue weighted by Crippen LogP contribution is -1.96. The van der Waals surface area contributed by atoms with Gasteiger partial charge in [0.2, 0.25) is 0 Å². The van der Waals surface area contributed by atoms with Gasteiger partial charge in [-0.2, -0.15) is 24.8 Å². The van der Waals surface area contributed by atoms with Crippen LogP contribution < -0.4 is 5.43 Å². The fourth-order valence-electron chi connectivity index (χ4n) is 1.62. The molecule has 0 saturated carbocycles. The number of aliphatic imine (C=N–C) groups is 1. The van der Waals surface area contributed by atoms with E-state index in [9.17, 15) is 13.2 Å². The van der Waals surface area contributed by atoms with Gasteiger partial charge in [-0.05, 0) is 17.9 Å². The zero-order chi connectivity index (χ0) is 15.1. The Morgan fingerprint density at radius 3 is 2.71 bits per heavy atom. The standard InChI is InChI=1S/C14H14F3N3S/c15-13(14(16)17)6-7-21-10-18-8-12(21)9-19-20-11-4-2-1-3-5-11/h1-5,8-10,20-21H,6-7H2/b19-9+. The second kappa shape index (κ2) is 7.68. The predicted octanol–water partition coefficient (Wildman–Crippen LogP) is 4.44. The zero-order valence-electron chi connectivity index (χ0n) is 11.0. The maximum Gasteiger partial charge on any atom is 0.301 e. The van der Waals surface area contributed by atoms with Crippen molar-refractivity contribution in [3.63, 3.8) is 0 Å². The molecular weight excluding hydrogens is 299 g/mol. The molecule has 3 nitrogen and oxygen atoms in total. The molecule has 0 saturated heterocycles. The van der Waals surface area contributed by atoms with Gasteiger partial charge < -0.3 is 0 Å². The molecule has 21 heavy (non-hydrogen) atoms. The highest BCUT2D eigenvalue weighted by atomic mass is 32.2. The molecule has 1 unspecified atom stereocenters. The maximum absolute atomic E-state index is 12.8. The Kier molecular flexibility index (Phi) is 5.62. The summed E-state index contributed by atoms with van der Waals surface area (Å²) < 4.78 is 36.8. The van der Waals surface area contributed by atoms with E-state index in [1.54, 1.807) is 18.0 Å². The Bertz CT molecular complexity index is 593. The minimum atomic E-state index is -2.24. The Hall–Kier alpha value is -2.02. The first kappa shape index (κ1) is 15.4. The number of benzene rings is 1. The number of nitrogens with zero attached hydrogens (tertiary/aromatic N) is 2. The number of anilines is 1. The first-order valence-electron chi connectivity index (χ1n) is 6.20. The van der Waals surface area contributed by atoms with E-state index in [1.807, 2.05) is 30.3 Å². The largest absolute Gasteiger partial charge is 0.301 e. The highest BCUT2D eigenvalue weighted by Gasteiger charge is 2.13. The molecule has 1 aromatic rings. The Morgan fingerprint density at radius 2 is 2.00 bits per heavy atom. The number of rotatable bonds is 6. The maximum atomic E-state index is 12.8. The van der Waals surface area contributed by atoms with Crippen LogP contribution in [-0.2, 0) is 0 Å². The Morgan fingerprint density at radius 1 is 1.24 bits per heavy atom. The van der Waals surface area contributed by atoms with Crippen LogP contribution in [0.15, 0.2) is 63.4 Å². The van der Waals surface area contributed by atoms with Crippen molar-refractivity contribution >= 4 is 28.3 Å². The summed E-state index contributed by atoms with van der Waals surface area (Å²) in [6.45, 7) is 0. The van der Waals surface area contributed by atoms with Crippen molar-refractivity contribution in [1.82, 2.24) is 0 Å². The van der Waals surface area contributed by atoms with E-state index in [2.05, 4.69) is 15.5 Å². The number of allylic oxidation sites excluding steroid dienone is 2. The fraction of sp³-hybridized carbons (Fsp3) is 0.143. The van der Waals surface area contributed by atoms with Crippen molar-refractivity contribution in [3.05, 3.63) is 53.3 Å². The average molecular weight is 313 g/mol. The summed E-state index contributed by atoms with van der Waals surface area (Å²) in [5.41, 5.74) is 5.36. The van der Waals surface area contributed by atoms with Gasteiger partial charge in [-0.1, -0.05) is 18.2 Å². The number of hydrogen-bond acceptors (Lipinski definition) is 3. The molecule has 0 radical (unpaired) electrons. The van der Waals surface area contributed by atoms with Crippen LogP contribution in [0.3, 0.4) is 0 Å². The van der Waals surface area contributed by atoms with Crippen molar-refractivity contribution in [1.29, 1.82) is 0 Å². The van der Waals surface area contributed by atoms with Crippen molar-refractivity contribution < 1.29 is 13.2 Å². The smallest absolute Gasteiger partial charge is 0.278 e.